The Bertz CT molecular complexity index is 1580. The third kappa shape index (κ3) is 56.9. The number of aliphatic hydroxyl groups excluding tert-OH is 1. The number of phosphoric acid groups is 2. The molecule has 19 heteroatoms. The second-order valence-electron chi connectivity index (χ2n) is 22.9. The van der Waals surface area contributed by atoms with E-state index in [-0.39, 0.29) is 25.7 Å². The molecule has 0 aromatic rings. The molecule has 0 rings (SSSR count). The van der Waals surface area contributed by atoms with E-state index in [2.05, 4.69) is 34.6 Å². The third-order valence-electron chi connectivity index (χ3n) is 14.3. The predicted molar refractivity (Wildman–Crippen MR) is 322 cm³/mol. The second kappa shape index (κ2) is 55.9. The van der Waals surface area contributed by atoms with Gasteiger partial charge < -0.3 is 33.8 Å². The summed E-state index contributed by atoms with van der Waals surface area (Å²) in [7, 11) is -9.87. The lowest BCUT2D eigenvalue weighted by atomic mass is 10.0. The van der Waals surface area contributed by atoms with Crippen LogP contribution in [0, 0.1) is 5.92 Å². The van der Waals surface area contributed by atoms with Crippen molar-refractivity contribution in [1.82, 2.24) is 0 Å². The Hall–Kier alpha value is -1.94. The molecule has 0 saturated carbocycles. The fourth-order valence-electron chi connectivity index (χ4n) is 9.23. The summed E-state index contributed by atoms with van der Waals surface area (Å²) in [6.07, 6.45) is 39.5. The fourth-order valence-corrected chi connectivity index (χ4v) is 10.8. The van der Waals surface area contributed by atoms with Crippen LogP contribution in [-0.4, -0.2) is 96.7 Å². The number of carbonyl (C=O) groups is 4. The standard InChI is InChI=1S/C62H120O17P2/c1-6-9-12-15-17-19-21-22-23-24-25-27-29-31-37-42-47-61(66)78-58(52-73-60(65)46-41-36-30-28-26-20-18-16-13-10-7-2)54-77-81(70,71)75-50-56(63)49-74-80(68,69)76-53-57(51-72-59(64)45-40-34-14-11-8-3)79-62(67)48-43-38-33-32-35-39-44-55(4)5/h55-58,63H,6-54H2,1-5H3,(H,68,69)(H,70,71)/t56-,57+,58+/m0/s1. The topological polar surface area (TPSA) is 237 Å². The highest BCUT2D eigenvalue weighted by Gasteiger charge is 2.30. The number of hydrogen-bond acceptors (Lipinski definition) is 15. The van der Waals surface area contributed by atoms with Gasteiger partial charge in [-0.3, -0.25) is 37.3 Å². The van der Waals surface area contributed by atoms with Crippen molar-refractivity contribution in [3.8, 4) is 0 Å². The summed E-state index contributed by atoms with van der Waals surface area (Å²) >= 11 is 0. The van der Waals surface area contributed by atoms with E-state index in [1.807, 2.05) is 0 Å². The maximum Gasteiger partial charge on any atom is 0.472 e. The lowest BCUT2D eigenvalue weighted by Gasteiger charge is -2.21. The monoisotopic (exact) mass is 1200 g/mol. The van der Waals surface area contributed by atoms with E-state index in [0.717, 1.165) is 96.3 Å². The van der Waals surface area contributed by atoms with Gasteiger partial charge in [-0.2, -0.15) is 0 Å². The van der Waals surface area contributed by atoms with Gasteiger partial charge in [0.1, 0.15) is 19.3 Å². The molecule has 81 heavy (non-hydrogen) atoms. The average molecular weight is 1200 g/mol. The van der Waals surface area contributed by atoms with Gasteiger partial charge in [-0.25, -0.2) is 9.13 Å². The van der Waals surface area contributed by atoms with Gasteiger partial charge in [0.05, 0.1) is 26.4 Å². The zero-order valence-electron chi connectivity index (χ0n) is 51.9. The Morgan fingerprint density at radius 1 is 0.333 bits per heavy atom. The van der Waals surface area contributed by atoms with Crippen LogP contribution in [0.2, 0.25) is 0 Å². The van der Waals surface area contributed by atoms with Crippen LogP contribution in [0.5, 0.6) is 0 Å². The smallest absolute Gasteiger partial charge is 0.462 e. The minimum absolute atomic E-state index is 0.101. The van der Waals surface area contributed by atoms with Crippen LogP contribution in [0.1, 0.15) is 311 Å². The molecule has 0 aliphatic carbocycles. The van der Waals surface area contributed by atoms with Gasteiger partial charge in [-0.1, -0.05) is 259 Å². The molecule has 0 spiro atoms. The van der Waals surface area contributed by atoms with Crippen molar-refractivity contribution in [2.75, 3.05) is 39.6 Å². The summed E-state index contributed by atoms with van der Waals surface area (Å²) in [6, 6.07) is 0. The Labute approximate surface area is 492 Å². The maximum atomic E-state index is 12.9. The molecule has 3 N–H and O–H groups in total. The first-order valence-electron chi connectivity index (χ1n) is 32.6. The molecule has 0 aromatic carbocycles. The van der Waals surface area contributed by atoms with Crippen LogP contribution in [0.15, 0.2) is 0 Å². The molecule has 480 valence electrons. The van der Waals surface area contributed by atoms with Crippen molar-refractivity contribution in [2.45, 2.75) is 329 Å². The molecule has 0 bridgehead atoms. The minimum atomic E-state index is -4.94. The summed E-state index contributed by atoms with van der Waals surface area (Å²) in [4.78, 5) is 71.8. The van der Waals surface area contributed by atoms with Crippen LogP contribution >= 0.6 is 15.6 Å². The van der Waals surface area contributed by atoms with Crippen LogP contribution in [0.25, 0.3) is 0 Å². The van der Waals surface area contributed by atoms with Gasteiger partial charge in [-0.15, -0.1) is 0 Å². The van der Waals surface area contributed by atoms with E-state index in [4.69, 9.17) is 37.0 Å². The molecule has 0 aliphatic rings. The first kappa shape index (κ1) is 79.1. The number of unbranched alkanes of at least 4 members (excludes halogenated alkanes) is 34. The molecule has 17 nitrogen and oxygen atoms in total. The summed E-state index contributed by atoms with van der Waals surface area (Å²) in [5.74, 6) is -1.48. The molecule has 0 aromatic heterocycles. The normalized spacial score (nSPS) is 14.3. The van der Waals surface area contributed by atoms with Gasteiger partial charge in [-0.05, 0) is 31.6 Å². The van der Waals surface area contributed by atoms with E-state index in [1.165, 1.54) is 128 Å². The number of hydrogen-bond donors (Lipinski definition) is 3. The van der Waals surface area contributed by atoms with Crippen molar-refractivity contribution < 1.29 is 80.2 Å². The lowest BCUT2D eigenvalue weighted by Crippen LogP contribution is -2.30. The van der Waals surface area contributed by atoms with Gasteiger partial charge >= 0.3 is 39.5 Å². The molecule has 0 saturated heterocycles. The number of aliphatic hydroxyl groups is 1. The largest absolute Gasteiger partial charge is 0.472 e. The molecule has 0 aliphatic heterocycles. The summed E-state index contributed by atoms with van der Waals surface area (Å²) in [5.41, 5.74) is 0. The summed E-state index contributed by atoms with van der Waals surface area (Å²) < 4.78 is 67.7. The van der Waals surface area contributed by atoms with Crippen molar-refractivity contribution in [3.63, 3.8) is 0 Å². The van der Waals surface area contributed by atoms with Crippen LogP contribution in [0.3, 0.4) is 0 Å². The number of ether oxygens (including phenoxy) is 4. The molecule has 0 radical (unpaired) electrons. The average Bonchev–Trinajstić information content (AvgIpc) is 3.43. The quantitative estimate of drug-likeness (QED) is 0.0222. The molecular weight excluding hydrogens is 1080 g/mol. The van der Waals surface area contributed by atoms with E-state index in [9.17, 15) is 43.2 Å². The van der Waals surface area contributed by atoms with Crippen LogP contribution < -0.4 is 0 Å². The number of esters is 4. The van der Waals surface area contributed by atoms with Gasteiger partial charge in [0.2, 0.25) is 0 Å². The Kier molecular flexibility index (Phi) is 54.6. The van der Waals surface area contributed by atoms with E-state index < -0.39 is 97.5 Å². The molecule has 0 heterocycles. The summed E-state index contributed by atoms with van der Waals surface area (Å²) in [5, 5.41) is 10.5. The summed E-state index contributed by atoms with van der Waals surface area (Å²) in [6.45, 7) is 7.00. The Morgan fingerprint density at radius 2 is 0.568 bits per heavy atom. The molecule has 2 unspecified atom stereocenters. The van der Waals surface area contributed by atoms with Crippen LogP contribution in [0.4, 0.5) is 0 Å². The lowest BCUT2D eigenvalue weighted by molar-refractivity contribution is -0.161. The number of rotatable bonds is 62. The predicted octanol–water partition coefficient (Wildman–Crippen LogP) is 17.0. The molecule has 0 fully saturated rings. The first-order chi connectivity index (χ1) is 39.0. The van der Waals surface area contributed by atoms with E-state index in [0.29, 0.717) is 31.6 Å². The maximum absolute atomic E-state index is 12.9. The zero-order chi connectivity index (χ0) is 59.9. The van der Waals surface area contributed by atoms with E-state index in [1.54, 1.807) is 0 Å². The van der Waals surface area contributed by atoms with Crippen LogP contribution in [-0.2, 0) is 65.4 Å². The SMILES string of the molecule is CCCCCCCCCCCCCCCCCCC(=O)O[C@H](COC(=O)CCCCCCCCCCCCC)COP(=O)(O)OC[C@@H](O)COP(=O)(O)OC[C@@H](COC(=O)CCCCCCC)OC(=O)CCCCCCCCC(C)C. The first-order valence-corrected chi connectivity index (χ1v) is 35.6. The molecular formula is C62H120O17P2. The number of phosphoric ester groups is 2. The van der Waals surface area contributed by atoms with Gasteiger partial charge in [0, 0.05) is 25.7 Å². The highest BCUT2D eigenvalue weighted by atomic mass is 31.2. The third-order valence-corrected chi connectivity index (χ3v) is 16.2. The van der Waals surface area contributed by atoms with Crippen molar-refractivity contribution in [2.24, 2.45) is 5.92 Å². The van der Waals surface area contributed by atoms with Crippen molar-refractivity contribution in [1.29, 1.82) is 0 Å². The Morgan fingerprint density at radius 3 is 0.840 bits per heavy atom. The van der Waals surface area contributed by atoms with Gasteiger partial charge in [0.25, 0.3) is 0 Å². The van der Waals surface area contributed by atoms with E-state index >= 15 is 0 Å². The highest BCUT2D eigenvalue weighted by Crippen LogP contribution is 2.45. The second-order valence-corrected chi connectivity index (χ2v) is 25.8. The number of carbonyl (C=O) groups excluding carboxylic acids is 4. The zero-order valence-corrected chi connectivity index (χ0v) is 53.7. The highest BCUT2D eigenvalue weighted by molar-refractivity contribution is 7.47. The van der Waals surface area contributed by atoms with Gasteiger partial charge in [0.15, 0.2) is 12.2 Å². The van der Waals surface area contributed by atoms with Crippen molar-refractivity contribution >= 4 is 39.5 Å². The molecule has 5 atom stereocenters. The Balaban J connectivity index is 5.16. The van der Waals surface area contributed by atoms with Crippen molar-refractivity contribution in [3.05, 3.63) is 0 Å². The fraction of sp³-hybridized carbons (Fsp3) is 0.935. The molecule has 0 amide bonds. The minimum Gasteiger partial charge on any atom is -0.462 e.